The van der Waals surface area contributed by atoms with Crippen molar-refractivity contribution < 1.29 is 9.53 Å². The summed E-state index contributed by atoms with van der Waals surface area (Å²) in [7, 11) is 1.40. The van der Waals surface area contributed by atoms with Crippen LogP contribution in [0.1, 0.15) is 5.56 Å². The second kappa shape index (κ2) is 5.32. The van der Waals surface area contributed by atoms with Crippen LogP contribution < -0.4 is 0 Å². The molecule has 1 atom stereocenters. The van der Waals surface area contributed by atoms with E-state index in [1.54, 1.807) is 0 Å². The third kappa shape index (κ3) is 2.67. The number of ether oxygens (including phenoxy) is 1. The number of alkyl halides is 1. The van der Waals surface area contributed by atoms with Crippen molar-refractivity contribution in [2.45, 2.75) is 11.2 Å². The maximum atomic E-state index is 11.4. The monoisotopic (exact) mass is 292 g/mol. The zero-order valence-electron chi connectivity index (χ0n) is 9.52. The minimum absolute atomic E-state index is 0.238. The summed E-state index contributed by atoms with van der Waals surface area (Å²) >= 11 is 3.35. The molecule has 0 aliphatic heterocycles. The van der Waals surface area contributed by atoms with Crippen LogP contribution in [0.3, 0.4) is 0 Å². The van der Waals surface area contributed by atoms with Crippen LogP contribution in [0, 0.1) is 0 Å². The number of fused-ring (bicyclic) bond motifs is 1. The van der Waals surface area contributed by atoms with Crippen molar-refractivity contribution in [3.8, 4) is 0 Å². The number of hydrogen-bond donors (Lipinski definition) is 0. The van der Waals surface area contributed by atoms with Gasteiger partial charge in [-0.25, -0.2) is 0 Å². The SMILES string of the molecule is COC(=O)[C@H](Br)Cc1cccc2ccccc12. The lowest BCUT2D eigenvalue weighted by atomic mass is 10.0. The summed E-state index contributed by atoms with van der Waals surface area (Å²) < 4.78 is 4.71. The van der Waals surface area contributed by atoms with Gasteiger partial charge in [0.2, 0.25) is 0 Å². The van der Waals surface area contributed by atoms with Crippen LogP contribution >= 0.6 is 15.9 Å². The fourth-order valence-corrected chi connectivity index (χ4v) is 2.41. The van der Waals surface area contributed by atoms with E-state index >= 15 is 0 Å². The van der Waals surface area contributed by atoms with E-state index in [0.717, 1.165) is 5.56 Å². The summed E-state index contributed by atoms with van der Waals surface area (Å²) in [6.45, 7) is 0. The number of esters is 1. The van der Waals surface area contributed by atoms with Crippen molar-refractivity contribution >= 4 is 32.7 Å². The van der Waals surface area contributed by atoms with E-state index in [-0.39, 0.29) is 10.8 Å². The van der Waals surface area contributed by atoms with Gasteiger partial charge in [-0.3, -0.25) is 4.79 Å². The normalized spacial score (nSPS) is 12.4. The summed E-state index contributed by atoms with van der Waals surface area (Å²) in [5.74, 6) is -0.238. The van der Waals surface area contributed by atoms with Crippen molar-refractivity contribution in [2.75, 3.05) is 7.11 Å². The van der Waals surface area contributed by atoms with Gasteiger partial charge in [-0.2, -0.15) is 0 Å². The number of benzene rings is 2. The van der Waals surface area contributed by atoms with E-state index in [1.807, 2.05) is 24.3 Å². The van der Waals surface area contributed by atoms with Crippen LogP contribution in [0.2, 0.25) is 0 Å². The Balaban J connectivity index is 2.33. The molecule has 0 aromatic heterocycles. The van der Waals surface area contributed by atoms with Gasteiger partial charge >= 0.3 is 5.97 Å². The van der Waals surface area contributed by atoms with Crippen LogP contribution in [-0.2, 0) is 16.0 Å². The fourth-order valence-electron chi connectivity index (χ4n) is 1.87. The van der Waals surface area contributed by atoms with E-state index in [9.17, 15) is 4.79 Å². The summed E-state index contributed by atoms with van der Waals surface area (Å²) in [4.78, 5) is 11.1. The van der Waals surface area contributed by atoms with E-state index < -0.39 is 0 Å². The largest absolute Gasteiger partial charge is 0.468 e. The zero-order chi connectivity index (χ0) is 12.3. The van der Waals surface area contributed by atoms with Crippen molar-refractivity contribution in [2.24, 2.45) is 0 Å². The Hall–Kier alpha value is -1.35. The first-order chi connectivity index (χ1) is 8.22. The number of halogens is 1. The Morgan fingerprint density at radius 3 is 2.71 bits per heavy atom. The quantitative estimate of drug-likeness (QED) is 0.641. The first kappa shape index (κ1) is 12.1. The lowest BCUT2D eigenvalue weighted by Crippen LogP contribution is -2.18. The van der Waals surface area contributed by atoms with Gasteiger partial charge in [-0.05, 0) is 22.8 Å². The summed E-state index contributed by atoms with van der Waals surface area (Å²) in [5, 5.41) is 2.37. The summed E-state index contributed by atoms with van der Waals surface area (Å²) in [5.41, 5.74) is 1.15. The van der Waals surface area contributed by atoms with Gasteiger partial charge in [0, 0.05) is 0 Å². The Labute approximate surface area is 109 Å². The molecule has 0 aliphatic carbocycles. The molecule has 88 valence electrons. The molecule has 2 aromatic rings. The Kier molecular flexibility index (Phi) is 3.79. The van der Waals surface area contributed by atoms with Gasteiger partial charge in [-0.1, -0.05) is 58.4 Å². The molecule has 0 saturated heterocycles. The van der Waals surface area contributed by atoms with Crippen molar-refractivity contribution in [1.82, 2.24) is 0 Å². The molecule has 2 nitrogen and oxygen atoms in total. The topological polar surface area (TPSA) is 26.3 Å². The Bertz CT molecular complexity index is 531. The van der Waals surface area contributed by atoms with Crippen molar-refractivity contribution in [3.63, 3.8) is 0 Å². The van der Waals surface area contributed by atoms with Crippen molar-refractivity contribution in [1.29, 1.82) is 0 Å². The smallest absolute Gasteiger partial charge is 0.319 e. The molecule has 0 saturated carbocycles. The molecular weight excluding hydrogens is 280 g/mol. The number of carbonyl (C=O) groups excluding carboxylic acids is 1. The predicted molar refractivity (Wildman–Crippen MR) is 72.4 cm³/mol. The van der Waals surface area contributed by atoms with E-state index in [4.69, 9.17) is 4.74 Å². The van der Waals surface area contributed by atoms with Gasteiger partial charge in [0.25, 0.3) is 0 Å². The van der Waals surface area contributed by atoms with E-state index in [1.165, 1.54) is 17.9 Å². The Morgan fingerprint density at radius 2 is 1.94 bits per heavy atom. The maximum Gasteiger partial charge on any atom is 0.319 e. The van der Waals surface area contributed by atoms with Crippen LogP contribution in [0.4, 0.5) is 0 Å². The second-order valence-corrected chi connectivity index (χ2v) is 4.94. The minimum atomic E-state index is -0.293. The number of rotatable bonds is 3. The van der Waals surface area contributed by atoms with Crippen LogP contribution in [0.5, 0.6) is 0 Å². The highest BCUT2D eigenvalue weighted by atomic mass is 79.9. The van der Waals surface area contributed by atoms with Gasteiger partial charge in [-0.15, -0.1) is 0 Å². The molecule has 17 heavy (non-hydrogen) atoms. The standard InChI is InChI=1S/C14H13BrO2/c1-17-14(16)13(15)9-11-7-4-6-10-5-2-3-8-12(10)11/h2-8,13H,9H2,1H3/t13-/m1/s1. The molecule has 2 rings (SSSR count). The number of hydrogen-bond acceptors (Lipinski definition) is 2. The molecule has 0 N–H and O–H groups in total. The molecule has 0 heterocycles. The van der Waals surface area contributed by atoms with Gasteiger partial charge in [0.05, 0.1) is 7.11 Å². The van der Waals surface area contributed by atoms with Gasteiger partial charge < -0.3 is 4.74 Å². The summed E-state index contributed by atoms with van der Waals surface area (Å²) in [6.07, 6.45) is 0.633. The molecular formula is C14H13BrO2. The molecule has 0 aliphatic rings. The summed E-state index contributed by atoms with van der Waals surface area (Å²) in [6, 6.07) is 14.3. The average molecular weight is 293 g/mol. The average Bonchev–Trinajstić information content (AvgIpc) is 2.38. The minimum Gasteiger partial charge on any atom is -0.468 e. The molecule has 0 bridgehead atoms. The lowest BCUT2D eigenvalue weighted by Gasteiger charge is -2.10. The van der Waals surface area contributed by atoms with Crippen LogP contribution in [0.25, 0.3) is 10.8 Å². The molecule has 0 amide bonds. The molecule has 0 radical (unpaired) electrons. The Morgan fingerprint density at radius 1 is 1.24 bits per heavy atom. The highest BCUT2D eigenvalue weighted by Gasteiger charge is 2.16. The van der Waals surface area contributed by atoms with Gasteiger partial charge in [0.1, 0.15) is 4.83 Å². The van der Waals surface area contributed by atoms with Crippen LogP contribution in [-0.4, -0.2) is 17.9 Å². The first-order valence-corrected chi connectivity index (χ1v) is 6.32. The highest BCUT2D eigenvalue weighted by molar-refractivity contribution is 9.10. The third-order valence-corrected chi connectivity index (χ3v) is 3.43. The number of carbonyl (C=O) groups is 1. The molecule has 3 heteroatoms. The molecule has 0 fully saturated rings. The van der Waals surface area contributed by atoms with Gasteiger partial charge in [0.15, 0.2) is 0 Å². The first-order valence-electron chi connectivity index (χ1n) is 5.41. The molecule has 2 aromatic carbocycles. The van der Waals surface area contributed by atoms with E-state index in [2.05, 4.69) is 34.1 Å². The highest BCUT2D eigenvalue weighted by Crippen LogP contribution is 2.21. The fraction of sp³-hybridized carbons (Fsp3) is 0.214. The van der Waals surface area contributed by atoms with Crippen LogP contribution in [0.15, 0.2) is 42.5 Å². The van der Waals surface area contributed by atoms with E-state index in [0.29, 0.717) is 6.42 Å². The molecule has 0 spiro atoms. The second-order valence-electron chi connectivity index (χ2n) is 3.83. The molecule has 0 unspecified atom stereocenters. The maximum absolute atomic E-state index is 11.4. The lowest BCUT2D eigenvalue weighted by molar-refractivity contribution is -0.139. The zero-order valence-corrected chi connectivity index (χ0v) is 11.1. The predicted octanol–water partition coefficient (Wildman–Crippen LogP) is 3.32. The number of methoxy groups -OCH3 is 1. The van der Waals surface area contributed by atoms with Crippen molar-refractivity contribution in [3.05, 3.63) is 48.0 Å². The third-order valence-electron chi connectivity index (χ3n) is 2.74.